The van der Waals surface area contributed by atoms with Crippen LogP contribution < -0.4 is 11.5 Å². The van der Waals surface area contributed by atoms with Gasteiger partial charge in [-0.25, -0.2) is 4.99 Å². The molecule has 0 amide bonds. The summed E-state index contributed by atoms with van der Waals surface area (Å²) in [7, 11) is 0. The summed E-state index contributed by atoms with van der Waals surface area (Å²) in [6, 6.07) is 0. The van der Waals surface area contributed by atoms with Crippen molar-refractivity contribution >= 4 is 24.3 Å². The zero-order chi connectivity index (χ0) is 10.2. The standard InChI is InChI=1S/C7H13N5O2.ClH/c8-5-10-6(9)12(13)7(11-5)1-3-14-4-2-7;/h13H,1-4H2,(H4,8,9,10,11);1H. The molecule has 0 unspecified atom stereocenters. The van der Waals surface area contributed by atoms with E-state index in [2.05, 4.69) is 9.98 Å². The van der Waals surface area contributed by atoms with E-state index in [-0.39, 0.29) is 24.3 Å². The highest BCUT2D eigenvalue weighted by Crippen LogP contribution is 2.29. The summed E-state index contributed by atoms with van der Waals surface area (Å²) in [6.45, 7) is 1.06. The summed E-state index contributed by atoms with van der Waals surface area (Å²) in [5.74, 6) is 0.0918. The number of nitrogens with two attached hydrogens (primary N) is 2. The van der Waals surface area contributed by atoms with Crippen LogP contribution in [0.4, 0.5) is 0 Å². The number of hydroxylamine groups is 2. The molecule has 0 bridgehead atoms. The Bertz CT molecular complexity index is 300. The lowest BCUT2D eigenvalue weighted by molar-refractivity contribution is -0.142. The van der Waals surface area contributed by atoms with Crippen molar-refractivity contribution in [3.63, 3.8) is 0 Å². The van der Waals surface area contributed by atoms with E-state index in [1.54, 1.807) is 0 Å². The van der Waals surface area contributed by atoms with Crippen LogP contribution in [0.1, 0.15) is 12.8 Å². The Labute approximate surface area is 93.2 Å². The summed E-state index contributed by atoms with van der Waals surface area (Å²) in [4.78, 5) is 7.80. The topological polar surface area (TPSA) is 109 Å². The molecular formula is C7H14ClN5O2. The van der Waals surface area contributed by atoms with Gasteiger partial charge < -0.3 is 16.2 Å². The summed E-state index contributed by atoms with van der Waals surface area (Å²) in [6.07, 6.45) is 1.11. The van der Waals surface area contributed by atoms with Gasteiger partial charge in [-0.1, -0.05) is 0 Å². The molecule has 1 spiro atoms. The van der Waals surface area contributed by atoms with Crippen LogP contribution >= 0.6 is 12.4 Å². The smallest absolute Gasteiger partial charge is 0.225 e. The fourth-order valence-corrected chi connectivity index (χ4v) is 1.69. The Balaban J connectivity index is 0.00000112. The Morgan fingerprint density at radius 1 is 1.33 bits per heavy atom. The van der Waals surface area contributed by atoms with Gasteiger partial charge in [-0.05, 0) is 0 Å². The van der Waals surface area contributed by atoms with E-state index in [1.807, 2.05) is 0 Å². The molecule has 7 nitrogen and oxygen atoms in total. The Morgan fingerprint density at radius 2 is 1.93 bits per heavy atom. The summed E-state index contributed by atoms with van der Waals surface area (Å²) in [5.41, 5.74) is 10.2. The molecule has 0 aromatic heterocycles. The van der Waals surface area contributed by atoms with Crippen LogP contribution in [0.3, 0.4) is 0 Å². The van der Waals surface area contributed by atoms with E-state index in [4.69, 9.17) is 16.2 Å². The SMILES string of the molecule is Cl.NC1=NC2(CCOCC2)N(O)C(N)=N1. The minimum absolute atomic E-state index is 0. The van der Waals surface area contributed by atoms with Gasteiger partial charge in [0.05, 0.1) is 13.2 Å². The molecule has 8 heteroatoms. The Morgan fingerprint density at radius 3 is 2.53 bits per heavy atom. The van der Waals surface area contributed by atoms with Gasteiger partial charge in [0.2, 0.25) is 11.9 Å². The van der Waals surface area contributed by atoms with Crippen LogP contribution in [0.15, 0.2) is 9.98 Å². The third kappa shape index (κ3) is 1.99. The van der Waals surface area contributed by atoms with E-state index >= 15 is 0 Å². The van der Waals surface area contributed by atoms with E-state index < -0.39 is 5.66 Å². The average molecular weight is 236 g/mol. The molecule has 0 aromatic rings. The first kappa shape index (κ1) is 12.0. The van der Waals surface area contributed by atoms with Crippen molar-refractivity contribution in [3.8, 4) is 0 Å². The van der Waals surface area contributed by atoms with Crippen LogP contribution in [-0.2, 0) is 4.74 Å². The molecule has 0 atom stereocenters. The van der Waals surface area contributed by atoms with Crippen LogP contribution in [0.2, 0.25) is 0 Å². The highest BCUT2D eigenvalue weighted by Gasteiger charge is 2.41. The summed E-state index contributed by atoms with van der Waals surface area (Å²) in [5, 5.41) is 10.6. The first-order valence-electron chi connectivity index (χ1n) is 4.40. The number of halogens is 1. The maximum absolute atomic E-state index is 9.73. The molecule has 15 heavy (non-hydrogen) atoms. The van der Waals surface area contributed by atoms with Crippen LogP contribution in [-0.4, -0.2) is 41.1 Å². The molecule has 86 valence electrons. The fourth-order valence-electron chi connectivity index (χ4n) is 1.69. The van der Waals surface area contributed by atoms with Crippen molar-refractivity contribution < 1.29 is 9.94 Å². The monoisotopic (exact) mass is 235 g/mol. The quantitative estimate of drug-likeness (QED) is 0.512. The van der Waals surface area contributed by atoms with E-state index in [9.17, 15) is 5.21 Å². The molecule has 1 fully saturated rings. The summed E-state index contributed by atoms with van der Waals surface area (Å²) < 4.78 is 5.19. The maximum atomic E-state index is 9.73. The minimum atomic E-state index is -0.770. The van der Waals surface area contributed by atoms with E-state index in [0.29, 0.717) is 26.1 Å². The predicted molar refractivity (Wildman–Crippen MR) is 56.9 cm³/mol. The number of aliphatic imine (C=N–C) groups is 2. The van der Waals surface area contributed by atoms with Gasteiger partial charge in [-0.2, -0.15) is 10.1 Å². The first-order chi connectivity index (χ1) is 6.64. The number of hydrogen-bond acceptors (Lipinski definition) is 7. The van der Waals surface area contributed by atoms with E-state index in [0.717, 1.165) is 5.06 Å². The highest BCUT2D eigenvalue weighted by molar-refractivity contribution is 5.95. The minimum Gasteiger partial charge on any atom is -0.381 e. The second-order valence-electron chi connectivity index (χ2n) is 3.35. The van der Waals surface area contributed by atoms with Crippen molar-refractivity contribution in [1.29, 1.82) is 0 Å². The molecule has 1 saturated heterocycles. The van der Waals surface area contributed by atoms with Gasteiger partial charge in [0.15, 0.2) is 5.66 Å². The zero-order valence-corrected chi connectivity index (χ0v) is 8.90. The second kappa shape index (κ2) is 4.21. The average Bonchev–Trinajstić information content (AvgIpc) is 2.15. The molecule has 0 saturated carbocycles. The number of hydrogen-bond donors (Lipinski definition) is 3. The number of ether oxygens (including phenoxy) is 1. The molecule has 0 aromatic carbocycles. The van der Waals surface area contributed by atoms with Crippen molar-refractivity contribution in [1.82, 2.24) is 5.06 Å². The molecule has 5 N–H and O–H groups in total. The maximum Gasteiger partial charge on any atom is 0.225 e. The lowest BCUT2D eigenvalue weighted by atomic mass is 10.0. The number of rotatable bonds is 0. The zero-order valence-electron chi connectivity index (χ0n) is 8.09. The van der Waals surface area contributed by atoms with E-state index in [1.165, 1.54) is 0 Å². The summed E-state index contributed by atoms with van der Waals surface area (Å²) >= 11 is 0. The van der Waals surface area contributed by atoms with Crippen molar-refractivity contribution in [3.05, 3.63) is 0 Å². The third-order valence-corrected chi connectivity index (χ3v) is 2.46. The predicted octanol–water partition coefficient (Wildman–Crippen LogP) is -0.751. The van der Waals surface area contributed by atoms with Gasteiger partial charge in [-0.15, -0.1) is 12.4 Å². The lowest BCUT2D eigenvalue weighted by Crippen LogP contribution is -2.57. The molecule has 0 radical (unpaired) electrons. The molecule has 0 aliphatic carbocycles. The molecular weight excluding hydrogens is 222 g/mol. The molecule has 2 aliphatic heterocycles. The van der Waals surface area contributed by atoms with Gasteiger partial charge in [0, 0.05) is 12.8 Å². The van der Waals surface area contributed by atoms with Gasteiger partial charge >= 0.3 is 0 Å². The fraction of sp³-hybridized carbons (Fsp3) is 0.714. The number of nitrogens with zero attached hydrogens (tertiary/aromatic N) is 3. The van der Waals surface area contributed by atoms with Crippen molar-refractivity contribution in [2.45, 2.75) is 18.5 Å². The van der Waals surface area contributed by atoms with Crippen molar-refractivity contribution in [2.24, 2.45) is 21.5 Å². The highest BCUT2D eigenvalue weighted by atomic mass is 35.5. The Hall–Kier alpha value is -1.05. The third-order valence-electron chi connectivity index (χ3n) is 2.46. The van der Waals surface area contributed by atoms with Gasteiger partial charge in [0.1, 0.15) is 0 Å². The normalized spacial score (nSPS) is 24.2. The lowest BCUT2D eigenvalue weighted by Gasteiger charge is -2.41. The van der Waals surface area contributed by atoms with Crippen LogP contribution in [0.5, 0.6) is 0 Å². The first-order valence-corrected chi connectivity index (χ1v) is 4.40. The largest absolute Gasteiger partial charge is 0.381 e. The second-order valence-corrected chi connectivity index (χ2v) is 3.35. The van der Waals surface area contributed by atoms with Crippen LogP contribution in [0.25, 0.3) is 0 Å². The number of guanidine groups is 2. The molecule has 2 heterocycles. The Kier molecular flexibility index (Phi) is 3.38. The van der Waals surface area contributed by atoms with Gasteiger partial charge in [0.25, 0.3) is 0 Å². The van der Waals surface area contributed by atoms with Crippen LogP contribution in [0, 0.1) is 0 Å². The molecule has 2 aliphatic rings. The molecule has 2 rings (SSSR count). The van der Waals surface area contributed by atoms with Gasteiger partial charge in [-0.3, -0.25) is 5.21 Å². The van der Waals surface area contributed by atoms with Crippen molar-refractivity contribution in [2.75, 3.05) is 13.2 Å².